The van der Waals surface area contributed by atoms with E-state index >= 15 is 0 Å². The summed E-state index contributed by atoms with van der Waals surface area (Å²) in [6.07, 6.45) is 0. The van der Waals surface area contributed by atoms with Crippen molar-refractivity contribution in [1.29, 1.82) is 0 Å². The van der Waals surface area contributed by atoms with Crippen LogP contribution in [-0.4, -0.2) is 11.0 Å². The highest BCUT2D eigenvalue weighted by molar-refractivity contribution is 6.33. The number of carbonyl (C=O) groups is 1. The summed E-state index contributed by atoms with van der Waals surface area (Å²) < 4.78 is 5.90. The average molecular weight is 392 g/mol. The van der Waals surface area contributed by atoms with Crippen LogP contribution in [-0.2, 0) is 0 Å². The number of phenolic OH excluding ortho intramolecular Hbond substituents is 1. The first kappa shape index (κ1) is 17.8. The molecule has 0 bridgehead atoms. The predicted molar refractivity (Wildman–Crippen MR) is 109 cm³/mol. The lowest BCUT2D eigenvalue weighted by Crippen LogP contribution is -2.13. The van der Waals surface area contributed by atoms with Gasteiger partial charge >= 0.3 is 0 Å². The van der Waals surface area contributed by atoms with E-state index < -0.39 is 5.91 Å². The lowest BCUT2D eigenvalue weighted by molar-refractivity contribution is 0.102. The molecule has 0 spiro atoms. The molecule has 0 saturated carbocycles. The van der Waals surface area contributed by atoms with Crippen molar-refractivity contribution in [1.82, 2.24) is 0 Å². The summed E-state index contributed by atoms with van der Waals surface area (Å²) in [7, 11) is 0. The summed E-state index contributed by atoms with van der Waals surface area (Å²) in [5.74, 6) is -0.408. The zero-order chi connectivity index (χ0) is 19.7. The summed E-state index contributed by atoms with van der Waals surface area (Å²) in [6, 6.07) is 19.6. The van der Waals surface area contributed by atoms with Gasteiger partial charge in [-0.2, -0.15) is 0 Å². The third-order valence-electron chi connectivity index (χ3n) is 4.29. The van der Waals surface area contributed by atoms with Gasteiger partial charge in [-0.25, -0.2) is 0 Å². The van der Waals surface area contributed by atoms with Crippen LogP contribution in [0.15, 0.2) is 82.0 Å². The van der Waals surface area contributed by atoms with Gasteiger partial charge in [-0.1, -0.05) is 41.9 Å². The average Bonchev–Trinajstić information content (AvgIpc) is 2.71. The Morgan fingerprint density at radius 2 is 1.68 bits per heavy atom. The molecule has 0 saturated heterocycles. The van der Waals surface area contributed by atoms with Crippen molar-refractivity contribution >= 4 is 34.2 Å². The van der Waals surface area contributed by atoms with Gasteiger partial charge in [-0.15, -0.1) is 0 Å². The summed E-state index contributed by atoms with van der Waals surface area (Å²) >= 11 is 6.22. The maximum absolute atomic E-state index is 12.6. The van der Waals surface area contributed by atoms with E-state index in [0.29, 0.717) is 16.1 Å². The van der Waals surface area contributed by atoms with E-state index in [9.17, 15) is 14.7 Å². The summed E-state index contributed by atoms with van der Waals surface area (Å²) in [4.78, 5) is 25.1. The molecule has 1 aromatic heterocycles. The Balaban J connectivity index is 1.89. The smallest absolute Gasteiger partial charge is 0.255 e. The molecular formula is C22H14ClNO4. The molecule has 3 aromatic carbocycles. The Labute approximate surface area is 164 Å². The number of halogens is 1. The number of rotatable bonds is 3. The van der Waals surface area contributed by atoms with Gasteiger partial charge in [0.15, 0.2) is 11.0 Å². The normalized spacial score (nSPS) is 10.8. The van der Waals surface area contributed by atoms with Crippen LogP contribution < -0.4 is 10.7 Å². The van der Waals surface area contributed by atoms with Crippen LogP contribution in [0.1, 0.15) is 10.4 Å². The monoisotopic (exact) mass is 391 g/mol. The number of carbonyl (C=O) groups excluding carboxylic acids is 1. The Hall–Kier alpha value is -3.57. The molecule has 0 radical (unpaired) electrons. The van der Waals surface area contributed by atoms with Crippen LogP contribution in [0.2, 0.25) is 5.02 Å². The number of anilines is 1. The molecule has 0 aliphatic rings. The lowest BCUT2D eigenvalue weighted by Gasteiger charge is -2.11. The Morgan fingerprint density at radius 3 is 2.43 bits per heavy atom. The molecule has 1 amide bonds. The largest absolute Gasteiger partial charge is 0.506 e. The minimum absolute atomic E-state index is 0.0253. The molecule has 28 heavy (non-hydrogen) atoms. The molecular weight excluding hydrogens is 378 g/mol. The summed E-state index contributed by atoms with van der Waals surface area (Å²) in [6.45, 7) is 0. The van der Waals surface area contributed by atoms with Crippen molar-refractivity contribution in [3.05, 3.63) is 93.6 Å². The van der Waals surface area contributed by atoms with E-state index in [4.69, 9.17) is 16.0 Å². The van der Waals surface area contributed by atoms with Gasteiger partial charge in [0.05, 0.1) is 10.4 Å². The molecule has 2 N–H and O–H groups in total. The van der Waals surface area contributed by atoms with E-state index in [1.807, 2.05) is 0 Å². The number of hydrogen-bond acceptors (Lipinski definition) is 4. The zero-order valence-electron chi connectivity index (χ0n) is 14.5. The third kappa shape index (κ3) is 3.23. The molecule has 0 atom stereocenters. The first-order valence-corrected chi connectivity index (χ1v) is 8.83. The SMILES string of the molecule is O=C(Nc1c(O)ccc2c(=O)cc(-c3ccccc3Cl)oc12)c1ccccc1. The van der Waals surface area contributed by atoms with Gasteiger partial charge in [-0.05, 0) is 36.4 Å². The standard InChI is InChI=1S/C22H14ClNO4/c23-16-9-5-4-8-14(16)19-12-18(26)15-10-11-17(25)20(21(15)28-19)24-22(27)13-6-2-1-3-7-13/h1-12,25H,(H,24,27). The molecule has 0 aliphatic carbocycles. The molecule has 1 heterocycles. The second-order valence-corrected chi connectivity index (χ2v) is 6.52. The fourth-order valence-electron chi connectivity index (χ4n) is 2.90. The molecule has 0 fully saturated rings. The minimum atomic E-state index is -0.436. The maximum atomic E-state index is 12.6. The van der Waals surface area contributed by atoms with Gasteiger partial charge in [0.25, 0.3) is 5.91 Å². The Kier molecular flexibility index (Phi) is 4.59. The Bertz CT molecular complexity index is 1250. The predicted octanol–water partition coefficient (Wildman–Crippen LogP) is 5.07. The molecule has 4 rings (SSSR count). The fourth-order valence-corrected chi connectivity index (χ4v) is 3.13. The highest BCUT2D eigenvalue weighted by Gasteiger charge is 2.17. The van der Waals surface area contributed by atoms with Crippen LogP contribution in [0, 0.1) is 0 Å². The molecule has 4 aromatic rings. The van der Waals surface area contributed by atoms with Crippen LogP contribution in [0.25, 0.3) is 22.3 Å². The number of aromatic hydroxyl groups is 1. The lowest BCUT2D eigenvalue weighted by atomic mass is 10.1. The van der Waals surface area contributed by atoms with Crippen LogP contribution in [0.5, 0.6) is 5.75 Å². The topological polar surface area (TPSA) is 79.5 Å². The van der Waals surface area contributed by atoms with Crippen molar-refractivity contribution < 1.29 is 14.3 Å². The number of fused-ring (bicyclic) bond motifs is 1. The molecule has 0 aliphatic heterocycles. The highest BCUT2D eigenvalue weighted by atomic mass is 35.5. The highest BCUT2D eigenvalue weighted by Crippen LogP contribution is 2.35. The van der Waals surface area contributed by atoms with E-state index in [2.05, 4.69) is 5.32 Å². The second kappa shape index (κ2) is 7.21. The van der Waals surface area contributed by atoms with Gasteiger partial charge in [-0.3, -0.25) is 9.59 Å². The second-order valence-electron chi connectivity index (χ2n) is 6.11. The fraction of sp³-hybridized carbons (Fsp3) is 0. The van der Waals surface area contributed by atoms with Gasteiger partial charge in [0.2, 0.25) is 0 Å². The zero-order valence-corrected chi connectivity index (χ0v) is 15.2. The van der Waals surface area contributed by atoms with Crippen LogP contribution >= 0.6 is 11.6 Å². The van der Waals surface area contributed by atoms with Crippen LogP contribution in [0.3, 0.4) is 0 Å². The number of phenols is 1. The van der Waals surface area contributed by atoms with Crippen molar-refractivity contribution in [2.75, 3.05) is 5.32 Å². The first-order valence-electron chi connectivity index (χ1n) is 8.46. The van der Waals surface area contributed by atoms with Crippen molar-refractivity contribution in [2.24, 2.45) is 0 Å². The van der Waals surface area contributed by atoms with E-state index in [-0.39, 0.29) is 33.6 Å². The maximum Gasteiger partial charge on any atom is 0.255 e. The summed E-state index contributed by atoms with van der Waals surface area (Å²) in [5, 5.41) is 13.6. The van der Waals surface area contributed by atoms with E-state index in [1.165, 1.54) is 18.2 Å². The van der Waals surface area contributed by atoms with E-state index in [0.717, 1.165) is 0 Å². The molecule has 6 heteroatoms. The molecule has 0 unspecified atom stereocenters. The number of hydrogen-bond donors (Lipinski definition) is 2. The molecule has 5 nitrogen and oxygen atoms in total. The Morgan fingerprint density at radius 1 is 0.964 bits per heavy atom. The minimum Gasteiger partial charge on any atom is -0.506 e. The van der Waals surface area contributed by atoms with Crippen LogP contribution in [0.4, 0.5) is 5.69 Å². The third-order valence-corrected chi connectivity index (χ3v) is 4.62. The quantitative estimate of drug-likeness (QED) is 0.478. The van der Waals surface area contributed by atoms with Crippen molar-refractivity contribution in [3.63, 3.8) is 0 Å². The number of benzene rings is 3. The first-order chi connectivity index (χ1) is 13.5. The number of amides is 1. The molecule has 138 valence electrons. The van der Waals surface area contributed by atoms with E-state index in [1.54, 1.807) is 54.6 Å². The number of nitrogens with one attached hydrogen (secondary N) is 1. The van der Waals surface area contributed by atoms with Gasteiger partial charge in [0.1, 0.15) is 17.2 Å². The summed E-state index contributed by atoms with van der Waals surface area (Å²) in [5.41, 5.74) is 0.728. The van der Waals surface area contributed by atoms with Crippen molar-refractivity contribution in [3.8, 4) is 17.1 Å². The van der Waals surface area contributed by atoms with Crippen molar-refractivity contribution in [2.45, 2.75) is 0 Å². The van der Waals surface area contributed by atoms with Gasteiger partial charge < -0.3 is 14.8 Å². The van der Waals surface area contributed by atoms with Gasteiger partial charge in [0, 0.05) is 17.2 Å².